The number of amides is 1. The number of benzene rings is 1. The van der Waals surface area contributed by atoms with Crippen molar-refractivity contribution >= 4 is 11.6 Å². The van der Waals surface area contributed by atoms with Crippen LogP contribution in [0.2, 0.25) is 0 Å². The van der Waals surface area contributed by atoms with Gasteiger partial charge in [-0.1, -0.05) is 18.2 Å². The van der Waals surface area contributed by atoms with Crippen LogP contribution >= 0.6 is 0 Å². The number of rotatable bonds is 5. The van der Waals surface area contributed by atoms with E-state index in [2.05, 4.69) is 34.1 Å². The van der Waals surface area contributed by atoms with Crippen molar-refractivity contribution in [2.75, 3.05) is 25.0 Å². The number of anilines is 1. The van der Waals surface area contributed by atoms with Crippen molar-refractivity contribution in [2.45, 2.75) is 26.3 Å². The fourth-order valence-corrected chi connectivity index (χ4v) is 2.30. The first kappa shape index (κ1) is 12.9. The van der Waals surface area contributed by atoms with Crippen LogP contribution in [0.1, 0.15) is 24.5 Å². The number of para-hydroxylation sites is 1. The summed E-state index contributed by atoms with van der Waals surface area (Å²) in [6.07, 6.45) is 2.34. The number of carbonyl (C=O) groups excluding carboxylic acids is 1. The van der Waals surface area contributed by atoms with Crippen LogP contribution in [-0.2, 0) is 17.8 Å². The molecule has 2 rings (SSSR count). The van der Waals surface area contributed by atoms with Gasteiger partial charge in [0.15, 0.2) is 0 Å². The average molecular weight is 247 g/mol. The van der Waals surface area contributed by atoms with Gasteiger partial charge in [-0.25, -0.2) is 0 Å². The Kier molecular flexibility index (Phi) is 4.59. The predicted molar refractivity (Wildman–Crippen MR) is 73.6 cm³/mol. The van der Waals surface area contributed by atoms with E-state index in [1.165, 1.54) is 23.2 Å². The summed E-state index contributed by atoms with van der Waals surface area (Å²) in [5.74, 6) is 0.0512. The number of hydrogen-bond donors (Lipinski definition) is 3. The maximum Gasteiger partial charge on any atom is 0.233 e. The minimum atomic E-state index is 0.0512. The van der Waals surface area contributed by atoms with Crippen LogP contribution in [-0.4, -0.2) is 25.5 Å². The molecule has 0 bridgehead atoms. The van der Waals surface area contributed by atoms with E-state index in [1.807, 2.05) is 6.92 Å². The molecule has 1 aliphatic heterocycles. The monoisotopic (exact) mass is 247 g/mol. The number of hydrogen-bond acceptors (Lipinski definition) is 3. The van der Waals surface area contributed by atoms with Gasteiger partial charge in [0.1, 0.15) is 0 Å². The molecule has 0 fully saturated rings. The zero-order valence-electron chi connectivity index (χ0n) is 10.9. The van der Waals surface area contributed by atoms with Crippen LogP contribution in [0.3, 0.4) is 0 Å². The maximum atomic E-state index is 11.3. The minimum absolute atomic E-state index is 0.0512. The highest BCUT2D eigenvalue weighted by molar-refractivity contribution is 5.77. The number of likely N-dealkylation sites (N-methyl/N-ethyl adjacent to an activating group) is 1. The Balaban J connectivity index is 1.91. The van der Waals surface area contributed by atoms with Gasteiger partial charge in [-0.2, -0.15) is 0 Å². The van der Waals surface area contributed by atoms with E-state index in [0.29, 0.717) is 13.1 Å². The summed E-state index contributed by atoms with van der Waals surface area (Å²) in [6, 6.07) is 6.38. The van der Waals surface area contributed by atoms with Gasteiger partial charge in [0.05, 0.1) is 6.54 Å². The third kappa shape index (κ3) is 3.23. The predicted octanol–water partition coefficient (Wildman–Crippen LogP) is 1.27. The van der Waals surface area contributed by atoms with Crippen molar-refractivity contribution in [3.8, 4) is 0 Å². The zero-order chi connectivity index (χ0) is 12.8. The lowest BCUT2D eigenvalue weighted by Crippen LogP contribution is -2.33. The van der Waals surface area contributed by atoms with Gasteiger partial charge in [-0.3, -0.25) is 4.79 Å². The van der Waals surface area contributed by atoms with Crippen molar-refractivity contribution in [2.24, 2.45) is 0 Å². The molecule has 1 aromatic rings. The van der Waals surface area contributed by atoms with Crippen molar-refractivity contribution in [3.63, 3.8) is 0 Å². The summed E-state index contributed by atoms with van der Waals surface area (Å²) >= 11 is 0. The summed E-state index contributed by atoms with van der Waals surface area (Å²) in [6.45, 7) is 4.75. The van der Waals surface area contributed by atoms with Gasteiger partial charge < -0.3 is 16.0 Å². The standard InChI is InChI=1S/C14H21N3O/c1-2-16-13(18)10-15-9-12-6-3-5-11-7-4-8-17-14(11)12/h3,5-6,15,17H,2,4,7-10H2,1H3,(H,16,18). The highest BCUT2D eigenvalue weighted by Crippen LogP contribution is 2.25. The molecule has 0 saturated heterocycles. The number of aryl methyl sites for hydroxylation is 1. The number of nitrogens with one attached hydrogen (secondary N) is 3. The third-order valence-corrected chi connectivity index (χ3v) is 3.14. The van der Waals surface area contributed by atoms with E-state index in [9.17, 15) is 4.79 Å². The molecule has 4 nitrogen and oxygen atoms in total. The summed E-state index contributed by atoms with van der Waals surface area (Å²) in [5.41, 5.74) is 3.89. The lowest BCUT2D eigenvalue weighted by molar-refractivity contribution is -0.120. The minimum Gasteiger partial charge on any atom is -0.385 e. The molecule has 98 valence electrons. The van der Waals surface area contributed by atoms with Crippen LogP contribution in [0.5, 0.6) is 0 Å². The Morgan fingerprint density at radius 2 is 2.33 bits per heavy atom. The Morgan fingerprint density at radius 1 is 1.44 bits per heavy atom. The van der Waals surface area contributed by atoms with Crippen LogP contribution < -0.4 is 16.0 Å². The second-order valence-corrected chi connectivity index (χ2v) is 4.54. The molecule has 0 radical (unpaired) electrons. The molecule has 3 N–H and O–H groups in total. The SMILES string of the molecule is CCNC(=O)CNCc1cccc2c1NCCC2. The second kappa shape index (κ2) is 6.40. The normalized spacial score (nSPS) is 13.6. The first-order valence-corrected chi connectivity index (χ1v) is 6.63. The average Bonchev–Trinajstić information content (AvgIpc) is 2.39. The Hall–Kier alpha value is -1.55. The van der Waals surface area contributed by atoms with Crippen LogP contribution in [0.15, 0.2) is 18.2 Å². The maximum absolute atomic E-state index is 11.3. The first-order valence-electron chi connectivity index (χ1n) is 6.63. The topological polar surface area (TPSA) is 53.2 Å². The van der Waals surface area contributed by atoms with Crippen molar-refractivity contribution in [3.05, 3.63) is 29.3 Å². The molecule has 1 aliphatic rings. The van der Waals surface area contributed by atoms with E-state index >= 15 is 0 Å². The quantitative estimate of drug-likeness (QED) is 0.734. The molecule has 0 atom stereocenters. The molecule has 18 heavy (non-hydrogen) atoms. The van der Waals surface area contributed by atoms with E-state index < -0.39 is 0 Å². The van der Waals surface area contributed by atoms with Gasteiger partial charge in [-0.15, -0.1) is 0 Å². The molecule has 0 saturated carbocycles. The van der Waals surface area contributed by atoms with E-state index in [-0.39, 0.29) is 5.91 Å². The number of carbonyl (C=O) groups is 1. The Morgan fingerprint density at radius 3 is 3.17 bits per heavy atom. The van der Waals surface area contributed by atoms with Crippen LogP contribution in [0.25, 0.3) is 0 Å². The zero-order valence-corrected chi connectivity index (χ0v) is 10.9. The fraction of sp³-hybridized carbons (Fsp3) is 0.500. The van der Waals surface area contributed by atoms with E-state index in [0.717, 1.165) is 19.5 Å². The second-order valence-electron chi connectivity index (χ2n) is 4.54. The first-order chi connectivity index (χ1) is 8.81. The molecule has 4 heteroatoms. The Labute approximate surface area is 108 Å². The molecule has 1 amide bonds. The molecule has 0 spiro atoms. The Bertz CT molecular complexity index is 418. The van der Waals surface area contributed by atoms with Gasteiger partial charge in [-0.05, 0) is 30.9 Å². The van der Waals surface area contributed by atoms with Crippen molar-refractivity contribution in [1.82, 2.24) is 10.6 Å². The molecular formula is C14H21N3O. The molecule has 0 unspecified atom stereocenters. The summed E-state index contributed by atoms with van der Waals surface area (Å²) in [7, 11) is 0. The van der Waals surface area contributed by atoms with Gasteiger partial charge in [0.25, 0.3) is 0 Å². The molecule has 0 aliphatic carbocycles. The molecule has 1 heterocycles. The van der Waals surface area contributed by atoms with Crippen molar-refractivity contribution in [1.29, 1.82) is 0 Å². The summed E-state index contributed by atoms with van der Waals surface area (Å²) < 4.78 is 0. The lowest BCUT2D eigenvalue weighted by atomic mass is 9.99. The smallest absolute Gasteiger partial charge is 0.233 e. The highest BCUT2D eigenvalue weighted by atomic mass is 16.1. The van der Waals surface area contributed by atoms with Crippen LogP contribution in [0.4, 0.5) is 5.69 Å². The van der Waals surface area contributed by atoms with E-state index in [1.54, 1.807) is 0 Å². The van der Waals surface area contributed by atoms with Crippen LogP contribution in [0, 0.1) is 0 Å². The van der Waals surface area contributed by atoms with Crippen molar-refractivity contribution < 1.29 is 4.79 Å². The molecular weight excluding hydrogens is 226 g/mol. The summed E-state index contributed by atoms with van der Waals surface area (Å²) in [5, 5.41) is 9.42. The van der Waals surface area contributed by atoms with E-state index in [4.69, 9.17) is 0 Å². The highest BCUT2D eigenvalue weighted by Gasteiger charge is 2.11. The largest absolute Gasteiger partial charge is 0.385 e. The molecule has 0 aromatic heterocycles. The fourth-order valence-electron chi connectivity index (χ4n) is 2.30. The molecule has 1 aromatic carbocycles. The lowest BCUT2D eigenvalue weighted by Gasteiger charge is -2.21. The van der Waals surface area contributed by atoms with Gasteiger partial charge in [0, 0.05) is 25.3 Å². The summed E-state index contributed by atoms with van der Waals surface area (Å²) in [4.78, 5) is 11.3. The number of fused-ring (bicyclic) bond motifs is 1. The van der Waals surface area contributed by atoms with Gasteiger partial charge in [0.2, 0.25) is 5.91 Å². The third-order valence-electron chi connectivity index (χ3n) is 3.14. The van der Waals surface area contributed by atoms with Gasteiger partial charge >= 0.3 is 0 Å².